The zero-order chi connectivity index (χ0) is 14.2. The predicted molar refractivity (Wildman–Crippen MR) is 83.9 cm³/mol. The Kier molecular flexibility index (Phi) is 6.51. The van der Waals surface area contributed by atoms with Crippen LogP contribution in [0, 0.1) is 0 Å². The molecule has 1 aliphatic rings. The molecule has 20 heavy (non-hydrogen) atoms. The van der Waals surface area contributed by atoms with E-state index in [1.165, 1.54) is 31.4 Å². The normalized spacial score (nSPS) is 21.1. The van der Waals surface area contributed by atoms with Gasteiger partial charge >= 0.3 is 0 Å². The second-order valence-electron chi connectivity index (χ2n) is 5.62. The zero-order valence-corrected chi connectivity index (χ0v) is 12.8. The molecule has 0 spiro atoms. The summed E-state index contributed by atoms with van der Waals surface area (Å²) in [5.74, 6) is 0. The SMILES string of the molecule is CCN(CC1CCCCN1)C(COC)c1ccccc1. The minimum Gasteiger partial charge on any atom is -0.383 e. The third kappa shape index (κ3) is 4.30. The number of rotatable bonds is 7. The molecule has 1 saturated heterocycles. The van der Waals surface area contributed by atoms with Gasteiger partial charge in [0.2, 0.25) is 0 Å². The Hall–Kier alpha value is -0.900. The van der Waals surface area contributed by atoms with Gasteiger partial charge < -0.3 is 10.1 Å². The molecule has 3 heteroatoms. The van der Waals surface area contributed by atoms with Gasteiger partial charge in [0.05, 0.1) is 12.6 Å². The quantitative estimate of drug-likeness (QED) is 0.829. The van der Waals surface area contributed by atoms with Crippen molar-refractivity contribution < 1.29 is 4.74 Å². The lowest BCUT2D eigenvalue weighted by molar-refractivity contribution is 0.0834. The van der Waals surface area contributed by atoms with Gasteiger partial charge in [0.25, 0.3) is 0 Å². The smallest absolute Gasteiger partial charge is 0.0659 e. The summed E-state index contributed by atoms with van der Waals surface area (Å²) in [4.78, 5) is 2.54. The molecule has 2 atom stereocenters. The average molecular weight is 276 g/mol. The molecule has 3 nitrogen and oxygen atoms in total. The lowest BCUT2D eigenvalue weighted by Crippen LogP contribution is -2.45. The highest BCUT2D eigenvalue weighted by Gasteiger charge is 2.23. The summed E-state index contributed by atoms with van der Waals surface area (Å²) >= 11 is 0. The first-order chi connectivity index (χ1) is 9.85. The minimum atomic E-state index is 0.356. The van der Waals surface area contributed by atoms with Crippen LogP contribution in [0.5, 0.6) is 0 Å². The molecule has 1 heterocycles. The highest BCUT2D eigenvalue weighted by atomic mass is 16.5. The molecular weight excluding hydrogens is 248 g/mol. The Balaban J connectivity index is 2.04. The van der Waals surface area contributed by atoms with Crippen molar-refractivity contribution in [2.75, 3.05) is 33.4 Å². The maximum atomic E-state index is 5.47. The molecule has 0 amide bonds. The molecule has 0 bridgehead atoms. The summed E-state index contributed by atoms with van der Waals surface area (Å²) in [7, 11) is 1.79. The van der Waals surface area contributed by atoms with E-state index in [4.69, 9.17) is 4.74 Å². The fraction of sp³-hybridized carbons (Fsp3) is 0.647. The van der Waals surface area contributed by atoms with E-state index in [2.05, 4.69) is 47.5 Å². The van der Waals surface area contributed by atoms with Crippen LogP contribution in [0.1, 0.15) is 37.8 Å². The fourth-order valence-corrected chi connectivity index (χ4v) is 3.09. The third-order valence-electron chi connectivity index (χ3n) is 4.22. The van der Waals surface area contributed by atoms with Crippen molar-refractivity contribution in [1.29, 1.82) is 0 Å². The second-order valence-corrected chi connectivity index (χ2v) is 5.62. The molecule has 1 N–H and O–H groups in total. The van der Waals surface area contributed by atoms with Gasteiger partial charge in [-0.15, -0.1) is 0 Å². The third-order valence-corrected chi connectivity index (χ3v) is 4.22. The van der Waals surface area contributed by atoms with Crippen LogP contribution in [0.3, 0.4) is 0 Å². The molecule has 0 aromatic heterocycles. The Bertz CT molecular complexity index is 363. The van der Waals surface area contributed by atoms with Crippen molar-refractivity contribution in [1.82, 2.24) is 10.2 Å². The molecule has 1 aromatic carbocycles. The summed E-state index contributed by atoms with van der Waals surface area (Å²) in [6.45, 7) is 6.34. The van der Waals surface area contributed by atoms with Crippen LogP contribution in [0.4, 0.5) is 0 Å². The summed E-state index contributed by atoms with van der Waals surface area (Å²) in [6, 6.07) is 11.7. The van der Waals surface area contributed by atoms with Gasteiger partial charge in [-0.05, 0) is 31.5 Å². The molecule has 0 saturated carbocycles. The van der Waals surface area contributed by atoms with Gasteiger partial charge in [-0.25, -0.2) is 0 Å². The number of hydrogen-bond donors (Lipinski definition) is 1. The summed E-state index contributed by atoms with van der Waals surface area (Å²) in [6.07, 6.45) is 3.98. The maximum Gasteiger partial charge on any atom is 0.0659 e. The van der Waals surface area contributed by atoms with Crippen LogP contribution < -0.4 is 5.32 Å². The largest absolute Gasteiger partial charge is 0.383 e. The number of nitrogens with one attached hydrogen (secondary N) is 1. The molecule has 0 aliphatic carbocycles. The Morgan fingerprint density at radius 3 is 2.70 bits per heavy atom. The number of methoxy groups -OCH3 is 1. The van der Waals surface area contributed by atoms with E-state index in [-0.39, 0.29) is 0 Å². The standard InChI is InChI=1S/C17H28N2O/c1-3-19(13-16-11-7-8-12-18-16)17(14-20-2)15-9-5-4-6-10-15/h4-6,9-10,16-18H,3,7-8,11-14H2,1-2H3. The minimum absolute atomic E-state index is 0.356. The Morgan fingerprint density at radius 1 is 1.30 bits per heavy atom. The van der Waals surface area contributed by atoms with E-state index < -0.39 is 0 Å². The molecule has 0 radical (unpaired) electrons. The number of likely N-dealkylation sites (N-methyl/N-ethyl adjacent to an activating group) is 1. The van der Waals surface area contributed by atoms with Crippen molar-refractivity contribution in [2.24, 2.45) is 0 Å². The van der Waals surface area contributed by atoms with Crippen LogP contribution in [0.2, 0.25) is 0 Å². The van der Waals surface area contributed by atoms with Crippen molar-refractivity contribution in [3.05, 3.63) is 35.9 Å². The first-order valence-corrected chi connectivity index (χ1v) is 7.86. The zero-order valence-electron chi connectivity index (χ0n) is 12.8. The maximum absolute atomic E-state index is 5.47. The van der Waals surface area contributed by atoms with E-state index in [0.29, 0.717) is 12.1 Å². The molecule has 1 aliphatic heterocycles. The van der Waals surface area contributed by atoms with E-state index in [1.807, 2.05) is 0 Å². The number of piperidine rings is 1. The number of benzene rings is 1. The van der Waals surface area contributed by atoms with Crippen LogP contribution in [0.15, 0.2) is 30.3 Å². The molecule has 1 aromatic rings. The molecule has 112 valence electrons. The highest BCUT2D eigenvalue weighted by molar-refractivity contribution is 5.19. The van der Waals surface area contributed by atoms with Crippen molar-refractivity contribution >= 4 is 0 Å². The number of nitrogens with zero attached hydrogens (tertiary/aromatic N) is 1. The van der Waals surface area contributed by atoms with Crippen molar-refractivity contribution in [2.45, 2.75) is 38.3 Å². The first kappa shape index (κ1) is 15.5. The van der Waals surface area contributed by atoms with Crippen LogP contribution in [0.25, 0.3) is 0 Å². The topological polar surface area (TPSA) is 24.5 Å². The summed E-state index contributed by atoms with van der Waals surface area (Å²) in [5, 5.41) is 3.65. The van der Waals surface area contributed by atoms with Gasteiger partial charge in [0, 0.05) is 19.7 Å². The van der Waals surface area contributed by atoms with E-state index in [1.54, 1.807) is 7.11 Å². The Labute approximate surface area is 123 Å². The lowest BCUT2D eigenvalue weighted by Gasteiger charge is -2.35. The molecule has 2 rings (SSSR count). The molecule has 2 unspecified atom stereocenters. The number of hydrogen-bond acceptors (Lipinski definition) is 3. The van der Waals surface area contributed by atoms with Crippen LogP contribution in [-0.2, 0) is 4.74 Å². The first-order valence-electron chi connectivity index (χ1n) is 7.86. The predicted octanol–water partition coefficient (Wildman–Crippen LogP) is 2.84. The second kappa shape index (κ2) is 8.40. The molecular formula is C17H28N2O. The van der Waals surface area contributed by atoms with Crippen molar-refractivity contribution in [3.63, 3.8) is 0 Å². The lowest BCUT2D eigenvalue weighted by atomic mass is 10.0. The Morgan fingerprint density at radius 2 is 2.10 bits per heavy atom. The van der Waals surface area contributed by atoms with E-state index >= 15 is 0 Å². The summed E-state index contributed by atoms with van der Waals surface area (Å²) < 4.78 is 5.47. The van der Waals surface area contributed by atoms with E-state index in [0.717, 1.165) is 19.7 Å². The van der Waals surface area contributed by atoms with Gasteiger partial charge in [-0.2, -0.15) is 0 Å². The summed E-state index contributed by atoms with van der Waals surface area (Å²) in [5.41, 5.74) is 1.35. The van der Waals surface area contributed by atoms with Crippen LogP contribution in [-0.4, -0.2) is 44.3 Å². The van der Waals surface area contributed by atoms with E-state index in [9.17, 15) is 0 Å². The van der Waals surface area contributed by atoms with Gasteiger partial charge in [0.1, 0.15) is 0 Å². The van der Waals surface area contributed by atoms with Crippen LogP contribution >= 0.6 is 0 Å². The van der Waals surface area contributed by atoms with Gasteiger partial charge in [0.15, 0.2) is 0 Å². The average Bonchev–Trinajstić information content (AvgIpc) is 2.52. The fourth-order valence-electron chi connectivity index (χ4n) is 3.09. The van der Waals surface area contributed by atoms with Crippen molar-refractivity contribution in [3.8, 4) is 0 Å². The monoisotopic (exact) mass is 276 g/mol. The highest BCUT2D eigenvalue weighted by Crippen LogP contribution is 2.22. The number of ether oxygens (including phenoxy) is 1. The van der Waals surface area contributed by atoms with Gasteiger partial charge in [-0.3, -0.25) is 4.90 Å². The van der Waals surface area contributed by atoms with Gasteiger partial charge in [-0.1, -0.05) is 43.7 Å². The molecule has 1 fully saturated rings.